The van der Waals surface area contributed by atoms with Crippen LogP contribution in [-0.2, 0) is 12.3 Å². The maximum absolute atomic E-state index is 5.86. The van der Waals surface area contributed by atoms with Crippen LogP contribution in [0.5, 0.6) is 11.6 Å². The smallest absolute Gasteiger partial charge is 0.223 e. The molecule has 0 spiro atoms. The summed E-state index contributed by atoms with van der Waals surface area (Å²) in [4.78, 5) is 8.67. The first-order chi connectivity index (χ1) is 8.74. The van der Waals surface area contributed by atoms with Crippen molar-refractivity contribution < 1.29 is 4.74 Å². The summed E-state index contributed by atoms with van der Waals surface area (Å²) in [6.07, 6.45) is 2.51. The van der Waals surface area contributed by atoms with Gasteiger partial charge in [-0.2, -0.15) is 0 Å². The molecule has 0 unspecified atom stereocenters. The van der Waals surface area contributed by atoms with Gasteiger partial charge >= 0.3 is 0 Å². The first-order valence-electron chi connectivity index (χ1n) is 5.88. The molecule has 0 radical (unpaired) electrons. The van der Waals surface area contributed by atoms with E-state index in [-0.39, 0.29) is 0 Å². The number of aryl methyl sites for hydroxylation is 2. The molecule has 0 N–H and O–H groups in total. The molecule has 0 aromatic carbocycles. The number of ether oxygens (including phenoxy) is 1. The summed E-state index contributed by atoms with van der Waals surface area (Å²) >= 11 is 5.86. The normalized spacial score (nSPS) is 10.4. The second kappa shape index (κ2) is 5.83. The van der Waals surface area contributed by atoms with Gasteiger partial charge in [-0.15, -0.1) is 11.6 Å². The Bertz CT molecular complexity index is 543. The van der Waals surface area contributed by atoms with Gasteiger partial charge in [-0.3, -0.25) is 4.98 Å². The fraction of sp³-hybridized carbons (Fsp3) is 0.286. The largest absolute Gasteiger partial charge is 0.437 e. The van der Waals surface area contributed by atoms with E-state index in [2.05, 4.69) is 16.9 Å². The summed E-state index contributed by atoms with van der Waals surface area (Å²) in [6.45, 7) is 4.02. The molecule has 0 atom stereocenters. The highest BCUT2D eigenvalue weighted by atomic mass is 35.5. The minimum absolute atomic E-state index is 0.379. The van der Waals surface area contributed by atoms with Gasteiger partial charge in [0.15, 0.2) is 5.75 Å². The van der Waals surface area contributed by atoms with Crippen LogP contribution in [0.2, 0.25) is 0 Å². The first-order valence-corrected chi connectivity index (χ1v) is 6.42. The van der Waals surface area contributed by atoms with Crippen molar-refractivity contribution in [3.63, 3.8) is 0 Å². The van der Waals surface area contributed by atoms with E-state index in [9.17, 15) is 0 Å². The van der Waals surface area contributed by atoms with Gasteiger partial charge in [-0.05, 0) is 31.5 Å². The molecule has 0 aliphatic rings. The Kier molecular flexibility index (Phi) is 4.15. The molecule has 3 nitrogen and oxygen atoms in total. The summed E-state index contributed by atoms with van der Waals surface area (Å²) in [6, 6.07) is 7.60. The van der Waals surface area contributed by atoms with E-state index in [4.69, 9.17) is 16.3 Å². The van der Waals surface area contributed by atoms with Crippen LogP contribution in [-0.4, -0.2) is 9.97 Å². The van der Waals surface area contributed by atoms with Crippen molar-refractivity contribution in [1.82, 2.24) is 9.97 Å². The molecule has 2 rings (SSSR count). The number of rotatable bonds is 4. The van der Waals surface area contributed by atoms with E-state index in [1.807, 2.05) is 31.2 Å². The lowest BCUT2D eigenvalue weighted by Crippen LogP contribution is -1.98. The summed E-state index contributed by atoms with van der Waals surface area (Å²) < 4.78 is 5.82. The lowest BCUT2D eigenvalue weighted by atomic mass is 10.2. The molecule has 0 bridgehead atoms. The van der Waals surface area contributed by atoms with Crippen LogP contribution in [0.4, 0.5) is 0 Å². The highest BCUT2D eigenvalue weighted by Gasteiger charge is 2.09. The zero-order valence-corrected chi connectivity index (χ0v) is 11.2. The zero-order chi connectivity index (χ0) is 13.0. The van der Waals surface area contributed by atoms with Crippen molar-refractivity contribution in [3.05, 3.63) is 47.4 Å². The van der Waals surface area contributed by atoms with Crippen LogP contribution in [0.1, 0.15) is 23.9 Å². The number of halogens is 1. The predicted molar refractivity (Wildman–Crippen MR) is 72.2 cm³/mol. The number of alkyl halides is 1. The molecular weight excluding hydrogens is 248 g/mol. The summed E-state index contributed by atoms with van der Waals surface area (Å²) in [5.74, 6) is 1.67. The topological polar surface area (TPSA) is 35.0 Å². The molecular formula is C14H15ClN2O. The standard InChI is InChI=1S/C14H15ClN2O/c1-3-12-13(7-6-10(2)17-12)18-14-11(9-15)5-4-8-16-14/h4-8H,3,9H2,1-2H3. The molecule has 4 heteroatoms. The quantitative estimate of drug-likeness (QED) is 0.785. The molecule has 0 fully saturated rings. The Balaban J connectivity index is 2.33. The molecule has 2 heterocycles. The van der Waals surface area contributed by atoms with Crippen molar-refractivity contribution in [1.29, 1.82) is 0 Å². The minimum Gasteiger partial charge on any atom is -0.437 e. The highest BCUT2D eigenvalue weighted by molar-refractivity contribution is 6.17. The summed E-state index contributed by atoms with van der Waals surface area (Å²) in [5, 5.41) is 0. The van der Waals surface area contributed by atoms with Gasteiger partial charge in [-0.1, -0.05) is 13.0 Å². The van der Waals surface area contributed by atoms with Gasteiger partial charge in [0.25, 0.3) is 0 Å². The van der Waals surface area contributed by atoms with Gasteiger partial charge in [-0.25, -0.2) is 4.98 Å². The molecule has 0 aliphatic carbocycles. The number of aromatic nitrogens is 2. The Morgan fingerprint density at radius 3 is 2.83 bits per heavy atom. The number of nitrogens with zero attached hydrogens (tertiary/aromatic N) is 2. The summed E-state index contributed by atoms with van der Waals surface area (Å²) in [5.41, 5.74) is 2.79. The minimum atomic E-state index is 0.379. The Labute approximate surface area is 112 Å². The van der Waals surface area contributed by atoms with E-state index >= 15 is 0 Å². The lowest BCUT2D eigenvalue weighted by Gasteiger charge is -2.11. The number of hydrogen-bond donors (Lipinski definition) is 0. The number of pyridine rings is 2. The summed E-state index contributed by atoms with van der Waals surface area (Å²) in [7, 11) is 0. The van der Waals surface area contributed by atoms with E-state index in [1.165, 1.54) is 0 Å². The van der Waals surface area contributed by atoms with E-state index in [1.54, 1.807) is 6.20 Å². The van der Waals surface area contributed by atoms with Gasteiger partial charge < -0.3 is 4.74 Å². The van der Waals surface area contributed by atoms with E-state index < -0.39 is 0 Å². The van der Waals surface area contributed by atoms with Crippen LogP contribution in [0.15, 0.2) is 30.5 Å². The first kappa shape index (κ1) is 12.8. The monoisotopic (exact) mass is 262 g/mol. The van der Waals surface area contributed by atoms with Crippen LogP contribution in [0.3, 0.4) is 0 Å². The maximum atomic E-state index is 5.86. The van der Waals surface area contributed by atoms with Crippen LogP contribution in [0.25, 0.3) is 0 Å². The van der Waals surface area contributed by atoms with Crippen molar-refractivity contribution in [2.24, 2.45) is 0 Å². The van der Waals surface area contributed by atoms with Gasteiger partial charge in [0.1, 0.15) is 0 Å². The maximum Gasteiger partial charge on any atom is 0.223 e. The van der Waals surface area contributed by atoms with Crippen molar-refractivity contribution in [3.8, 4) is 11.6 Å². The number of hydrogen-bond acceptors (Lipinski definition) is 3. The lowest BCUT2D eigenvalue weighted by molar-refractivity contribution is 0.449. The van der Waals surface area contributed by atoms with E-state index in [0.29, 0.717) is 11.8 Å². The molecule has 0 saturated carbocycles. The highest BCUT2D eigenvalue weighted by Crippen LogP contribution is 2.26. The van der Waals surface area contributed by atoms with E-state index in [0.717, 1.165) is 29.1 Å². The Morgan fingerprint density at radius 1 is 1.28 bits per heavy atom. The fourth-order valence-corrected chi connectivity index (χ4v) is 1.87. The average Bonchev–Trinajstić information content (AvgIpc) is 2.41. The predicted octanol–water partition coefficient (Wildman–Crippen LogP) is 3.88. The molecule has 0 aliphatic heterocycles. The van der Waals surface area contributed by atoms with Crippen molar-refractivity contribution >= 4 is 11.6 Å². The Morgan fingerprint density at radius 2 is 2.11 bits per heavy atom. The molecule has 94 valence electrons. The van der Waals surface area contributed by atoms with Gasteiger partial charge in [0, 0.05) is 17.5 Å². The van der Waals surface area contributed by atoms with Crippen LogP contribution < -0.4 is 4.74 Å². The second-order valence-electron chi connectivity index (χ2n) is 3.95. The second-order valence-corrected chi connectivity index (χ2v) is 4.22. The zero-order valence-electron chi connectivity index (χ0n) is 10.5. The van der Waals surface area contributed by atoms with Gasteiger partial charge in [0.05, 0.1) is 11.6 Å². The third-order valence-electron chi connectivity index (χ3n) is 2.61. The van der Waals surface area contributed by atoms with Crippen LogP contribution >= 0.6 is 11.6 Å². The van der Waals surface area contributed by atoms with Crippen molar-refractivity contribution in [2.75, 3.05) is 0 Å². The molecule has 0 amide bonds. The third kappa shape index (κ3) is 2.79. The van der Waals surface area contributed by atoms with Crippen LogP contribution in [0, 0.1) is 6.92 Å². The Hall–Kier alpha value is -1.61. The third-order valence-corrected chi connectivity index (χ3v) is 2.90. The molecule has 18 heavy (non-hydrogen) atoms. The SMILES string of the molecule is CCc1nc(C)ccc1Oc1ncccc1CCl. The fourth-order valence-electron chi connectivity index (χ4n) is 1.67. The molecule has 2 aromatic rings. The average molecular weight is 263 g/mol. The van der Waals surface area contributed by atoms with Gasteiger partial charge in [0.2, 0.25) is 5.88 Å². The van der Waals surface area contributed by atoms with Crippen molar-refractivity contribution in [2.45, 2.75) is 26.1 Å². The molecule has 2 aromatic heterocycles. The molecule has 0 saturated heterocycles.